The fourth-order valence-corrected chi connectivity index (χ4v) is 3.37. The van der Waals surface area contributed by atoms with Gasteiger partial charge < -0.3 is 25.2 Å². The molecule has 0 amide bonds. The van der Waals surface area contributed by atoms with Gasteiger partial charge in [0, 0.05) is 18.2 Å². The number of aliphatic hydroxyl groups excluding tert-OH is 3. The lowest BCUT2D eigenvalue weighted by Crippen LogP contribution is -2.63. The summed E-state index contributed by atoms with van der Waals surface area (Å²) in [4.78, 5) is 22.1. The second kappa shape index (κ2) is 7.00. The van der Waals surface area contributed by atoms with Crippen molar-refractivity contribution in [1.82, 2.24) is 5.01 Å². The summed E-state index contributed by atoms with van der Waals surface area (Å²) in [5, 5.41) is 43.4. The number of aliphatic carboxylic acids is 1. The predicted molar refractivity (Wildman–Crippen MR) is 80.7 cm³/mol. The van der Waals surface area contributed by atoms with Gasteiger partial charge in [0.25, 0.3) is 6.23 Å². The molecule has 10 heteroatoms. The molecule has 0 aromatic carbocycles. The Morgan fingerprint density at radius 3 is 2.72 bits per heavy atom. The van der Waals surface area contributed by atoms with Crippen LogP contribution in [0.15, 0.2) is 29.8 Å². The molecule has 0 radical (unpaired) electrons. The van der Waals surface area contributed by atoms with E-state index in [1.807, 2.05) is 0 Å². The fraction of sp³-hybridized carbons (Fsp3) is 0.600. The Balaban J connectivity index is 1.89. The number of aliphatic hydroxyl groups is 3. The molecule has 136 valence electrons. The average molecular weight is 354 g/mol. The van der Waals surface area contributed by atoms with Gasteiger partial charge >= 0.3 is 5.97 Å². The van der Waals surface area contributed by atoms with E-state index >= 15 is 0 Å². The standard InChI is InChI=1S/C15H19N3O7/c19-10-11(20)13(15(22)23)25-14(12(10)21)17-5-1-3-8(7-17)9-4-2-6-18(9)16-24/h1,3,5,7,9-14,19-21H,2,4,6H2/p+1/t9-,10-,11+,12+,13+,14-/m1/s1. The van der Waals surface area contributed by atoms with Crippen molar-refractivity contribution < 1.29 is 34.5 Å². The lowest BCUT2D eigenvalue weighted by Gasteiger charge is -2.35. The first-order valence-corrected chi connectivity index (χ1v) is 7.97. The second-order valence-electron chi connectivity index (χ2n) is 6.24. The van der Waals surface area contributed by atoms with E-state index in [1.54, 1.807) is 24.5 Å². The van der Waals surface area contributed by atoms with Gasteiger partial charge in [0.1, 0.15) is 12.2 Å². The molecule has 2 aliphatic rings. The number of carbonyl (C=O) groups is 1. The summed E-state index contributed by atoms with van der Waals surface area (Å²) >= 11 is 0. The largest absolute Gasteiger partial charge is 0.479 e. The Hall–Kier alpha value is -2.14. The normalized spacial score (nSPS) is 35.6. The van der Waals surface area contributed by atoms with Gasteiger partial charge in [0.05, 0.1) is 11.3 Å². The number of carboxylic acid groups (broad SMARTS) is 1. The minimum Gasteiger partial charge on any atom is -0.479 e. The first-order valence-electron chi connectivity index (χ1n) is 7.97. The van der Waals surface area contributed by atoms with Gasteiger partial charge in [0.15, 0.2) is 24.6 Å². The van der Waals surface area contributed by atoms with Crippen molar-refractivity contribution in [1.29, 1.82) is 0 Å². The molecule has 1 aromatic heterocycles. The van der Waals surface area contributed by atoms with Crippen LogP contribution in [0.5, 0.6) is 0 Å². The molecule has 0 spiro atoms. The van der Waals surface area contributed by atoms with E-state index in [4.69, 9.17) is 9.84 Å². The number of carboxylic acids is 1. The first-order chi connectivity index (χ1) is 11.9. The van der Waals surface area contributed by atoms with Crippen LogP contribution in [-0.2, 0) is 9.53 Å². The minimum atomic E-state index is -1.74. The molecule has 3 rings (SSSR count). The quantitative estimate of drug-likeness (QED) is 0.392. The average Bonchev–Trinajstić information content (AvgIpc) is 3.08. The van der Waals surface area contributed by atoms with Gasteiger partial charge in [-0.25, -0.2) is 4.79 Å². The summed E-state index contributed by atoms with van der Waals surface area (Å²) in [5.74, 6) is -1.44. The molecule has 6 atom stereocenters. The van der Waals surface area contributed by atoms with Gasteiger partial charge in [-0.15, -0.1) is 4.91 Å². The predicted octanol–water partition coefficient (Wildman–Crippen LogP) is -1.14. The first kappa shape index (κ1) is 17.7. The Kier molecular flexibility index (Phi) is 4.95. The number of ether oxygens (including phenoxy) is 1. The SMILES string of the molecule is O=NN1CCC[C@@H]1c1ccc[n+]([C@@H]2O[C@H](C(=O)O)[C@@H](O)[C@@H](O)[C@@H]2O)c1. The zero-order valence-corrected chi connectivity index (χ0v) is 13.3. The summed E-state index contributed by atoms with van der Waals surface area (Å²) in [6.45, 7) is 0.553. The fourth-order valence-electron chi connectivity index (χ4n) is 3.37. The number of aromatic nitrogens is 1. The maximum Gasteiger partial charge on any atom is 0.335 e. The molecular weight excluding hydrogens is 334 g/mol. The zero-order valence-electron chi connectivity index (χ0n) is 13.3. The maximum atomic E-state index is 11.2. The van der Waals surface area contributed by atoms with Crippen molar-refractivity contribution in [3.8, 4) is 0 Å². The van der Waals surface area contributed by atoms with Gasteiger partial charge in [-0.3, -0.25) is 5.01 Å². The zero-order chi connectivity index (χ0) is 18.1. The topological polar surface area (TPSA) is 144 Å². The summed E-state index contributed by atoms with van der Waals surface area (Å²) in [5.41, 5.74) is 0.753. The molecule has 0 aliphatic carbocycles. The Morgan fingerprint density at radius 1 is 1.28 bits per heavy atom. The number of rotatable bonds is 4. The number of pyridine rings is 1. The van der Waals surface area contributed by atoms with Crippen LogP contribution >= 0.6 is 0 Å². The molecule has 1 aromatic rings. The maximum absolute atomic E-state index is 11.2. The Labute approximate surface area is 142 Å². The minimum absolute atomic E-state index is 0.212. The summed E-state index contributed by atoms with van der Waals surface area (Å²) in [6, 6.07) is 3.25. The molecule has 2 aliphatic heterocycles. The third kappa shape index (κ3) is 3.21. The van der Waals surface area contributed by atoms with Crippen molar-refractivity contribution in [2.45, 2.75) is 49.5 Å². The molecule has 0 unspecified atom stereocenters. The van der Waals surface area contributed by atoms with Crippen LogP contribution in [0.2, 0.25) is 0 Å². The lowest BCUT2D eigenvalue weighted by atomic mass is 9.97. The van der Waals surface area contributed by atoms with Crippen molar-refractivity contribution in [2.24, 2.45) is 5.29 Å². The van der Waals surface area contributed by atoms with E-state index in [0.717, 1.165) is 18.4 Å². The molecule has 4 N–H and O–H groups in total. The van der Waals surface area contributed by atoms with Crippen molar-refractivity contribution in [2.75, 3.05) is 6.54 Å². The van der Waals surface area contributed by atoms with E-state index in [2.05, 4.69) is 5.29 Å². The molecule has 2 fully saturated rings. The van der Waals surface area contributed by atoms with E-state index in [9.17, 15) is 25.0 Å². The second-order valence-corrected chi connectivity index (χ2v) is 6.24. The third-order valence-corrected chi connectivity index (χ3v) is 4.68. The highest BCUT2D eigenvalue weighted by Crippen LogP contribution is 2.32. The smallest absolute Gasteiger partial charge is 0.335 e. The molecule has 2 saturated heterocycles. The molecule has 3 heterocycles. The van der Waals surface area contributed by atoms with Gasteiger partial charge in [-0.2, -0.15) is 4.57 Å². The van der Waals surface area contributed by atoms with Gasteiger partial charge in [0.2, 0.25) is 0 Å². The van der Waals surface area contributed by atoms with Gasteiger partial charge in [-0.05, 0) is 18.9 Å². The Bertz CT molecular complexity index is 658. The van der Waals surface area contributed by atoms with Crippen LogP contribution in [0.1, 0.15) is 30.7 Å². The number of hydrogen-bond donors (Lipinski definition) is 4. The molecule has 25 heavy (non-hydrogen) atoms. The molecule has 0 saturated carbocycles. The Morgan fingerprint density at radius 2 is 2.04 bits per heavy atom. The molecule has 0 bridgehead atoms. The van der Waals surface area contributed by atoms with E-state index in [1.165, 1.54) is 9.58 Å². The van der Waals surface area contributed by atoms with E-state index < -0.39 is 36.6 Å². The monoisotopic (exact) mass is 354 g/mol. The van der Waals surface area contributed by atoms with Crippen molar-refractivity contribution in [3.63, 3.8) is 0 Å². The molecule has 10 nitrogen and oxygen atoms in total. The summed E-state index contributed by atoms with van der Waals surface area (Å²) in [7, 11) is 0. The van der Waals surface area contributed by atoms with Crippen LogP contribution in [0.4, 0.5) is 0 Å². The summed E-state index contributed by atoms with van der Waals surface area (Å²) < 4.78 is 6.73. The van der Waals surface area contributed by atoms with E-state index in [-0.39, 0.29) is 6.04 Å². The molecular formula is C15H20N3O7+. The summed E-state index contributed by atoms with van der Waals surface area (Å²) in [6.07, 6.45) is -3.07. The van der Waals surface area contributed by atoms with Crippen LogP contribution in [0.3, 0.4) is 0 Å². The van der Waals surface area contributed by atoms with Crippen LogP contribution in [-0.4, -0.2) is 62.4 Å². The highest BCUT2D eigenvalue weighted by molar-refractivity contribution is 5.73. The van der Waals surface area contributed by atoms with Crippen molar-refractivity contribution >= 4 is 5.97 Å². The number of nitrogens with zero attached hydrogens (tertiary/aromatic N) is 3. The number of hydrogen-bond acceptors (Lipinski definition) is 7. The highest BCUT2D eigenvalue weighted by atomic mass is 16.6. The van der Waals surface area contributed by atoms with E-state index in [0.29, 0.717) is 6.54 Å². The highest BCUT2D eigenvalue weighted by Gasteiger charge is 2.51. The third-order valence-electron chi connectivity index (χ3n) is 4.68. The van der Waals surface area contributed by atoms with Crippen LogP contribution in [0.25, 0.3) is 0 Å². The number of nitroso groups, excluding NO2 is 1. The van der Waals surface area contributed by atoms with Crippen LogP contribution < -0.4 is 4.57 Å². The van der Waals surface area contributed by atoms with Crippen molar-refractivity contribution in [3.05, 3.63) is 35.0 Å². The van der Waals surface area contributed by atoms with Crippen LogP contribution in [0, 0.1) is 4.91 Å². The van der Waals surface area contributed by atoms with Gasteiger partial charge in [-0.1, -0.05) is 0 Å². The lowest BCUT2D eigenvalue weighted by molar-refractivity contribution is -0.777.